The number of piperidine rings is 1. The average molecular weight is 302 g/mol. The molecule has 1 aromatic heterocycles. The van der Waals surface area contributed by atoms with Crippen molar-refractivity contribution in [3.8, 4) is 0 Å². The third-order valence-electron chi connectivity index (χ3n) is 4.28. The van der Waals surface area contributed by atoms with Gasteiger partial charge in [0.2, 0.25) is 5.91 Å². The maximum absolute atomic E-state index is 12.4. The van der Waals surface area contributed by atoms with Gasteiger partial charge >= 0.3 is 0 Å². The summed E-state index contributed by atoms with van der Waals surface area (Å²) in [5, 5.41) is 3.10. The summed E-state index contributed by atoms with van der Waals surface area (Å²) in [6, 6.07) is 2.11. The van der Waals surface area contributed by atoms with E-state index in [2.05, 4.69) is 26.3 Å². The summed E-state index contributed by atoms with van der Waals surface area (Å²) >= 11 is 0. The van der Waals surface area contributed by atoms with Crippen LogP contribution in [0.3, 0.4) is 0 Å². The minimum absolute atomic E-state index is 0.0484. The van der Waals surface area contributed by atoms with Crippen LogP contribution in [0.15, 0.2) is 12.4 Å². The molecule has 0 aromatic carbocycles. The Labute approximate surface area is 132 Å². The van der Waals surface area contributed by atoms with Crippen molar-refractivity contribution < 1.29 is 4.79 Å². The predicted octanol–water partition coefficient (Wildman–Crippen LogP) is 2.49. The van der Waals surface area contributed by atoms with Gasteiger partial charge < -0.3 is 10.2 Å². The van der Waals surface area contributed by atoms with Crippen LogP contribution in [0.5, 0.6) is 0 Å². The van der Waals surface area contributed by atoms with Gasteiger partial charge in [-0.05, 0) is 46.5 Å². The molecule has 1 aromatic rings. The van der Waals surface area contributed by atoms with Crippen molar-refractivity contribution in [2.45, 2.75) is 57.9 Å². The highest BCUT2D eigenvalue weighted by molar-refractivity contribution is 5.80. The first-order chi connectivity index (χ1) is 10.4. The lowest BCUT2D eigenvalue weighted by molar-refractivity contribution is -0.126. The Morgan fingerprint density at radius 1 is 1.27 bits per heavy atom. The molecule has 1 aliphatic carbocycles. The van der Waals surface area contributed by atoms with E-state index in [1.807, 2.05) is 20.8 Å². The molecule has 1 saturated carbocycles. The van der Waals surface area contributed by atoms with Gasteiger partial charge in [-0.1, -0.05) is 0 Å². The van der Waals surface area contributed by atoms with E-state index in [0.29, 0.717) is 5.92 Å². The van der Waals surface area contributed by atoms with Crippen LogP contribution in [0.1, 0.15) is 58.1 Å². The molecule has 5 nitrogen and oxygen atoms in total. The van der Waals surface area contributed by atoms with Crippen LogP contribution >= 0.6 is 0 Å². The molecule has 0 bridgehead atoms. The van der Waals surface area contributed by atoms with Crippen LogP contribution in [0.4, 0.5) is 5.82 Å². The van der Waals surface area contributed by atoms with Crippen molar-refractivity contribution in [2.24, 2.45) is 5.92 Å². The van der Waals surface area contributed by atoms with Gasteiger partial charge in [0, 0.05) is 36.3 Å². The standard InChI is InChI=1S/C17H26N4O/c1-17(2,3)20-16(22)13-5-4-8-21(10-13)15-9-14(12-6-7-12)18-11-19-15/h9,11-13H,4-8,10H2,1-3H3,(H,20,22). The van der Waals surface area contributed by atoms with Crippen molar-refractivity contribution in [1.82, 2.24) is 15.3 Å². The molecule has 1 atom stereocenters. The molecule has 2 aliphatic rings. The second kappa shape index (κ2) is 5.86. The third kappa shape index (κ3) is 3.76. The minimum atomic E-state index is -0.173. The molecule has 0 radical (unpaired) electrons. The summed E-state index contributed by atoms with van der Waals surface area (Å²) in [5.74, 6) is 1.82. The Kier molecular flexibility index (Phi) is 4.06. The zero-order valence-electron chi connectivity index (χ0n) is 13.8. The maximum Gasteiger partial charge on any atom is 0.225 e. The first-order valence-electron chi connectivity index (χ1n) is 8.31. The van der Waals surface area contributed by atoms with Crippen LogP contribution < -0.4 is 10.2 Å². The van der Waals surface area contributed by atoms with Crippen molar-refractivity contribution >= 4 is 11.7 Å². The fraction of sp³-hybridized carbons (Fsp3) is 0.706. The van der Waals surface area contributed by atoms with Crippen molar-refractivity contribution in [3.05, 3.63) is 18.1 Å². The second-order valence-corrected chi connectivity index (χ2v) is 7.60. The van der Waals surface area contributed by atoms with E-state index in [4.69, 9.17) is 0 Å². The fourth-order valence-electron chi connectivity index (χ4n) is 3.01. The molecule has 1 N–H and O–H groups in total. The van der Waals surface area contributed by atoms with Gasteiger partial charge in [-0.3, -0.25) is 4.79 Å². The number of carbonyl (C=O) groups is 1. The first kappa shape index (κ1) is 15.3. The van der Waals surface area contributed by atoms with Crippen LogP contribution in [0, 0.1) is 5.92 Å². The Morgan fingerprint density at radius 2 is 2.05 bits per heavy atom. The molecule has 120 valence electrons. The Balaban J connectivity index is 1.67. The molecule has 5 heteroatoms. The lowest BCUT2D eigenvalue weighted by Gasteiger charge is -2.34. The van der Waals surface area contributed by atoms with Crippen LogP contribution in [0.2, 0.25) is 0 Å². The molecule has 2 heterocycles. The van der Waals surface area contributed by atoms with E-state index < -0.39 is 0 Å². The summed E-state index contributed by atoms with van der Waals surface area (Å²) in [4.78, 5) is 23.5. The topological polar surface area (TPSA) is 58.1 Å². The van der Waals surface area contributed by atoms with Crippen LogP contribution in [-0.2, 0) is 4.79 Å². The van der Waals surface area contributed by atoms with E-state index in [1.165, 1.54) is 12.8 Å². The van der Waals surface area contributed by atoms with E-state index >= 15 is 0 Å². The Morgan fingerprint density at radius 3 is 2.73 bits per heavy atom. The molecule has 1 amide bonds. The van der Waals surface area contributed by atoms with Crippen molar-refractivity contribution in [2.75, 3.05) is 18.0 Å². The molecule has 1 saturated heterocycles. The zero-order chi connectivity index (χ0) is 15.7. The number of carbonyl (C=O) groups excluding carboxylic acids is 1. The number of rotatable bonds is 3. The Hall–Kier alpha value is -1.65. The summed E-state index contributed by atoms with van der Waals surface area (Å²) in [6.07, 6.45) is 6.14. The molecule has 3 rings (SSSR count). The maximum atomic E-state index is 12.4. The van der Waals surface area contributed by atoms with Gasteiger partial charge in [0.05, 0.1) is 5.92 Å². The number of anilines is 1. The van der Waals surface area contributed by atoms with E-state index in [1.54, 1.807) is 6.33 Å². The SMILES string of the molecule is CC(C)(C)NC(=O)C1CCCN(c2cc(C3CC3)ncn2)C1. The van der Waals surface area contributed by atoms with Gasteiger partial charge in [0.1, 0.15) is 12.1 Å². The molecule has 0 spiro atoms. The largest absolute Gasteiger partial charge is 0.356 e. The van der Waals surface area contributed by atoms with E-state index in [9.17, 15) is 4.79 Å². The summed E-state index contributed by atoms with van der Waals surface area (Å²) in [6.45, 7) is 7.80. The normalized spacial score (nSPS) is 22.5. The number of nitrogens with one attached hydrogen (secondary N) is 1. The number of amides is 1. The second-order valence-electron chi connectivity index (χ2n) is 7.60. The minimum Gasteiger partial charge on any atom is -0.356 e. The smallest absolute Gasteiger partial charge is 0.225 e. The number of hydrogen-bond acceptors (Lipinski definition) is 4. The zero-order valence-corrected chi connectivity index (χ0v) is 13.8. The summed E-state index contributed by atoms with van der Waals surface area (Å²) in [7, 11) is 0. The monoisotopic (exact) mass is 302 g/mol. The molecule has 1 aliphatic heterocycles. The molecule has 22 heavy (non-hydrogen) atoms. The van der Waals surface area contributed by atoms with Gasteiger partial charge in [-0.2, -0.15) is 0 Å². The van der Waals surface area contributed by atoms with E-state index in [-0.39, 0.29) is 17.4 Å². The van der Waals surface area contributed by atoms with Gasteiger partial charge in [-0.25, -0.2) is 9.97 Å². The van der Waals surface area contributed by atoms with E-state index in [0.717, 1.165) is 37.4 Å². The molecule has 1 unspecified atom stereocenters. The molecule has 2 fully saturated rings. The highest BCUT2D eigenvalue weighted by Crippen LogP contribution is 2.39. The lowest BCUT2D eigenvalue weighted by Crippen LogP contribution is -2.48. The van der Waals surface area contributed by atoms with Gasteiger partial charge in [-0.15, -0.1) is 0 Å². The quantitative estimate of drug-likeness (QED) is 0.932. The van der Waals surface area contributed by atoms with Gasteiger partial charge in [0.25, 0.3) is 0 Å². The lowest BCUT2D eigenvalue weighted by atomic mass is 9.95. The van der Waals surface area contributed by atoms with Crippen molar-refractivity contribution in [3.63, 3.8) is 0 Å². The predicted molar refractivity (Wildman–Crippen MR) is 86.8 cm³/mol. The number of hydrogen-bond donors (Lipinski definition) is 1. The summed E-state index contributed by atoms with van der Waals surface area (Å²) in [5.41, 5.74) is 0.985. The number of aromatic nitrogens is 2. The summed E-state index contributed by atoms with van der Waals surface area (Å²) < 4.78 is 0. The average Bonchev–Trinajstić information content (AvgIpc) is 3.30. The Bertz CT molecular complexity index is 548. The third-order valence-corrected chi connectivity index (χ3v) is 4.28. The molecular weight excluding hydrogens is 276 g/mol. The van der Waals surface area contributed by atoms with Crippen molar-refractivity contribution in [1.29, 1.82) is 0 Å². The highest BCUT2D eigenvalue weighted by Gasteiger charge is 2.30. The fourth-order valence-corrected chi connectivity index (χ4v) is 3.01. The highest BCUT2D eigenvalue weighted by atomic mass is 16.2. The number of nitrogens with zero attached hydrogens (tertiary/aromatic N) is 3. The van der Waals surface area contributed by atoms with Gasteiger partial charge in [0.15, 0.2) is 0 Å². The first-order valence-corrected chi connectivity index (χ1v) is 8.31. The van der Waals surface area contributed by atoms with Crippen LogP contribution in [0.25, 0.3) is 0 Å². The van der Waals surface area contributed by atoms with Crippen LogP contribution in [-0.4, -0.2) is 34.5 Å². The molecular formula is C17H26N4O.